The maximum absolute atomic E-state index is 12.5. The molecule has 0 N–H and O–H groups in total. The van der Waals surface area contributed by atoms with Gasteiger partial charge in [-0.25, -0.2) is 22.3 Å². The van der Waals surface area contributed by atoms with Gasteiger partial charge in [-0.1, -0.05) is 12.2 Å². The molecule has 0 rings (SSSR count). The lowest BCUT2D eigenvalue weighted by Crippen LogP contribution is -2.16. The van der Waals surface area contributed by atoms with E-state index in [1.807, 2.05) is 0 Å². The summed E-state index contributed by atoms with van der Waals surface area (Å²) in [5, 5.41) is 0. The summed E-state index contributed by atoms with van der Waals surface area (Å²) in [6.07, 6.45) is -4.11. The smallest absolute Gasteiger partial charge is 0.283 e. The minimum absolute atomic E-state index is 0.287. The van der Waals surface area contributed by atoms with Crippen LogP contribution in [0.5, 0.6) is 0 Å². The van der Waals surface area contributed by atoms with Gasteiger partial charge in [0.15, 0.2) is 0 Å². The fourth-order valence-electron chi connectivity index (χ4n) is 0.555. The summed E-state index contributed by atoms with van der Waals surface area (Å²) in [7, 11) is -4.36. The van der Waals surface area contributed by atoms with Crippen molar-refractivity contribution < 1.29 is 31.3 Å². The minimum atomic E-state index is -4.36. The Morgan fingerprint density at radius 1 is 1.12 bits per heavy atom. The maximum Gasteiger partial charge on any atom is 0.478 e. The second-order valence-electron chi connectivity index (χ2n) is 2.41. The number of rotatable bonds is 9. The molecule has 0 aliphatic rings. The number of halogens is 3. The molecule has 0 aromatic carbocycles. The van der Waals surface area contributed by atoms with Crippen LogP contribution in [-0.2, 0) is 18.1 Å². The van der Waals surface area contributed by atoms with Crippen molar-refractivity contribution >= 4 is 7.82 Å². The summed E-state index contributed by atoms with van der Waals surface area (Å²) in [6, 6.07) is 0. The number of phosphoric acid groups is 1. The first-order valence-electron chi connectivity index (χ1n) is 4.16. The molecule has 0 aliphatic heterocycles. The number of hydrogen-bond donors (Lipinski definition) is 0. The molecule has 0 aromatic heterocycles. The monoisotopic (exact) mass is 260 g/mol. The van der Waals surface area contributed by atoms with Gasteiger partial charge in [-0.3, -0.25) is 9.05 Å². The molecule has 8 heteroatoms. The normalized spacial score (nSPS) is 13.8. The largest absolute Gasteiger partial charge is 0.478 e. The van der Waals surface area contributed by atoms with Crippen LogP contribution < -0.4 is 0 Å². The summed E-state index contributed by atoms with van der Waals surface area (Å²) in [4.78, 5) is 0. The molecule has 4 nitrogen and oxygen atoms in total. The van der Waals surface area contributed by atoms with E-state index >= 15 is 0 Å². The van der Waals surface area contributed by atoms with Crippen LogP contribution >= 0.6 is 7.82 Å². The Hall–Kier alpha value is -0.620. The van der Waals surface area contributed by atoms with Crippen molar-refractivity contribution in [3.63, 3.8) is 0 Å². The minimum Gasteiger partial charge on any atom is -0.283 e. The van der Waals surface area contributed by atoms with E-state index in [0.717, 1.165) is 0 Å². The molecule has 1 unspecified atom stereocenters. The summed E-state index contributed by atoms with van der Waals surface area (Å²) < 4.78 is 60.5. The number of alkyl halides is 3. The van der Waals surface area contributed by atoms with E-state index in [4.69, 9.17) is 0 Å². The van der Waals surface area contributed by atoms with Crippen molar-refractivity contribution in [1.29, 1.82) is 0 Å². The van der Waals surface area contributed by atoms with Crippen molar-refractivity contribution in [2.45, 2.75) is 12.8 Å². The first kappa shape index (κ1) is 15.4. The van der Waals surface area contributed by atoms with E-state index in [-0.39, 0.29) is 13.2 Å². The molecule has 0 aliphatic carbocycles. The van der Waals surface area contributed by atoms with E-state index in [2.05, 4.69) is 26.7 Å². The van der Waals surface area contributed by atoms with Gasteiger partial charge in [-0.05, 0) is 0 Å². The highest BCUT2D eigenvalue weighted by Crippen LogP contribution is 2.51. The highest BCUT2D eigenvalue weighted by molar-refractivity contribution is 7.48. The molecule has 0 fully saturated rings. The second kappa shape index (κ2) is 7.62. The fraction of sp³-hybridized carbons (Fsp3) is 0.500. The van der Waals surface area contributed by atoms with Crippen molar-refractivity contribution in [2.75, 3.05) is 13.2 Å². The summed E-state index contributed by atoms with van der Waals surface area (Å²) in [6.45, 7) is 5.90. The Labute approximate surface area is 91.3 Å². The Kier molecular flexibility index (Phi) is 7.33. The molecule has 94 valence electrons. The lowest BCUT2D eigenvalue weighted by atomic mass is 10.7. The molecule has 0 radical (unpaired) electrons. The van der Waals surface area contributed by atoms with Gasteiger partial charge in [0.2, 0.25) is 0 Å². The molecule has 0 spiro atoms. The Bertz CT molecular complexity index is 256. The van der Waals surface area contributed by atoms with Gasteiger partial charge in [0.1, 0.15) is 0 Å². The van der Waals surface area contributed by atoms with Crippen LogP contribution in [0.3, 0.4) is 0 Å². The third kappa shape index (κ3) is 6.07. The zero-order chi connectivity index (χ0) is 12.6. The molecule has 0 aromatic rings. The van der Waals surface area contributed by atoms with Gasteiger partial charge >= 0.3 is 7.82 Å². The quantitative estimate of drug-likeness (QED) is 0.472. The zero-order valence-corrected chi connectivity index (χ0v) is 9.25. The zero-order valence-electron chi connectivity index (χ0n) is 8.35. The van der Waals surface area contributed by atoms with Gasteiger partial charge in [-0.2, -0.15) is 0 Å². The van der Waals surface area contributed by atoms with E-state index < -0.39 is 20.6 Å². The van der Waals surface area contributed by atoms with Gasteiger partial charge < -0.3 is 0 Å². The van der Waals surface area contributed by atoms with Gasteiger partial charge in [-0.15, -0.1) is 13.2 Å². The predicted octanol–water partition coefficient (Wildman–Crippen LogP) is 3.08. The standard InChI is InChI=1S/C8H12F3O4P/c1-3-5-13-16(12,14-6-4-2)15-8(11)7(9)10/h3-4,7-8H,1-2,5-6H2. The summed E-state index contributed by atoms with van der Waals surface area (Å²) in [5.74, 6) is 0. The van der Waals surface area contributed by atoms with Crippen LogP contribution in [0.2, 0.25) is 0 Å². The maximum atomic E-state index is 12.5. The molecule has 0 bridgehead atoms. The predicted molar refractivity (Wildman–Crippen MR) is 51.9 cm³/mol. The lowest BCUT2D eigenvalue weighted by Gasteiger charge is -2.18. The first-order chi connectivity index (χ1) is 7.45. The van der Waals surface area contributed by atoms with E-state index in [1.54, 1.807) is 0 Å². The lowest BCUT2D eigenvalue weighted by molar-refractivity contribution is -0.0847. The van der Waals surface area contributed by atoms with Crippen molar-refractivity contribution in [3.8, 4) is 0 Å². The van der Waals surface area contributed by atoms with Gasteiger partial charge in [0.05, 0.1) is 13.2 Å². The van der Waals surface area contributed by atoms with Crippen molar-refractivity contribution in [1.82, 2.24) is 0 Å². The second-order valence-corrected chi connectivity index (χ2v) is 4.03. The van der Waals surface area contributed by atoms with Crippen LogP contribution in [0, 0.1) is 0 Å². The number of hydrogen-bond acceptors (Lipinski definition) is 4. The highest BCUT2D eigenvalue weighted by atomic mass is 31.2. The molecule has 1 atom stereocenters. The third-order valence-corrected chi connectivity index (χ3v) is 2.52. The Morgan fingerprint density at radius 2 is 1.56 bits per heavy atom. The van der Waals surface area contributed by atoms with Crippen molar-refractivity contribution in [3.05, 3.63) is 25.3 Å². The van der Waals surface area contributed by atoms with E-state index in [9.17, 15) is 17.7 Å². The molecular formula is C8H12F3O4P. The summed E-state index contributed by atoms with van der Waals surface area (Å²) in [5.41, 5.74) is 0. The average Bonchev–Trinajstić information content (AvgIpc) is 2.23. The van der Waals surface area contributed by atoms with E-state index in [1.165, 1.54) is 12.2 Å². The SMILES string of the molecule is C=CCOP(=O)(OCC=C)OC(F)C(F)F. The van der Waals surface area contributed by atoms with Crippen LogP contribution in [0.15, 0.2) is 25.3 Å². The molecule has 0 saturated heterocycles. The molecule has 0 heterocycles. The van der Waals surface area contributed by atoms with Gasteiger partial charge in [0.25, 0.3) is 12.8 Å². The fourth-order valence-corrected chi connectivity index (χ4v) is 1.67. The van der Waals surface area contributed by atoms with Crippen LogP contribution in [0.4, 0.5) is 13.2 Å². The topological polar surface area (TPSA) is 44.8 Å². The Balaban J connectivity index is 4.44. The first-order valence-corrected chi connectivity index (χ1v) is 5.62. The average molecular weight is 260 g/mol. The number of phosphoric ester groups is 1. The van der Waals surface area contributed by atoms with Crippen LogP contribution in [0.1, 0.15) is 0 Å². The molecule has 0 amide bonds. The highest BCUT2D eigenvalue weighted by Gasteiger charge is 2.34. The Morgan fingerprint density at radius 3 is 1.88 bits per heavy atom. The van der Waals surface area contributed by atoms with Crippen LogP contribution in [-0.4, -0.2) is 26.0 Å². The molecule has 16 heavy (non-hydrogen) atoms. The van der Waals surface area contributed by atoms with Gasteiger partial charge in [0, 0.05) is 0 Å². The van der Waals surface area contributed by atoms with Crippen molar-refractivity contribution in [2.24, 2.45) is 0 Å². The van der Waals surface area contributed by atoms with E-state index in [0.29, 0.717) is 0 Å². The summed E-state index contributed by atoms with van der Waals surface area (Å²) >= 11 is 0. The molecule has 0 saturated carbocycles. The third-order valence-electron chi connectivity index (χ3n) is 1.13. The molecular weight excluding hydrogens is 248 g/mol. The van der Waals surface area contributed by atoms with Crippen LogP contribution in [0.25, 0.3) is 0 Å².